The number of anilines is 1. The van der Waals surface area contributed by atoms with Crippen LogP contribution >= 0.6 is 0 Å². The summed E-state index contributed by atoms with van der Waals surface area (Å²) in [5, 5.41) is 13.2. The number of rotatable bonds is 5. The molecule has 5 nitrogen and oxygen atoms in total. The van der Waals surface area contributed by atoms with Crippen LogP contribution in [-0.2, 0) is 9.59 Å². The fourth-order valence-corrected chi connectivity index (χ4v) is 4.99. The van der Waals surface area contributed by atoms with Gasteiger partial charge in [0.05, 0.1) is 11.6 Å². The topological polar surface area (TPSA) is 66.8 Å². The summed E-state index contributed by atoms with van der Waals surface area (Å²) in [5.74, 6) is -1.48. The second-order valence-corrected chi connectivity index (χ2v) is 9.16. The summed E-state index contributed by atoms with van der Waals surface area (Å²) >= 11 is 0. The van der Waals surface area contributed by atoms with Crippen LogP contribution in [-0.4, -0.2) is 16.8 Å². The van der Waals surface area contributed by atoms with E-state index < -0.39 is 23.5 Å². The maximum atomic E-state index is 14.3. The van der Waals surface area contributed by atoms with Gasteiger partial charge in [-0.15, -0.1) is 0 Å². The predicted octanol–water partition coefficient (Wildman–Crippen LogP) is 7.40. The molecule has 0 spiro atoms. The van der Waals surface area contributed by atoms with Crippen molar-refractivity contribution in [2.75, 3.05) is 4.90 Å². The van der Waals surface area contributed by atoms with Crippen LogP contribution < -0.4 is 9.64 Å². The van der Waals surface area contributed by atoms with Crippen molar-refractivity contribution in [3.63, 3.8) is 0 Å². The van der Waals surface area contributed by atoms with Gasteiger partial charge in [-0.1, -0.05) is 78.9 Å². The normalized spacial score (nSPS) is 16.5. The SMILES string of the molecule is O=C1C(=O)N(c2cccc(F)c2)C(c2cccc(Oc3ccccc3)c2)/C1=C(/O)c1cccc2ccccc12. The molecule has 0 aromatic heterocycles. The number of fused-ring (bicyclic) bond motifs is 1. The average Bonchev–Trinajstić information content (AvgIpc) is 3.23. The maximum absolute atomic E-state index is 14.3. The van der Waals surface area contributed by atoms with Crippen LogP contribution in [0.1, 0.15) is 17.2 Å². The lowest BCUT2D eigenvalue weighted by Crippen LogP contribution is -2.29. The summed E-state index contributed by atoms with van der Waals surface area (Å²) in [6.45, 7) is 0. The smallest absolute Gasteiger partial charge is 0.300 e. The molecule has 1 amide bonds. The average molecular weight is 516 g/mol. The molecular formula is C33H22FNO4. The van der Waals surface area contributed by atoms with Gasteiger partial charge in [-0.2, -0.15) is 0 Å². The molecule has 1 N–H and O–H groups in total. The molecule has 1 aliphatic heterocycles. The van der Waals surface area contributed by atoms with Crippen LogP contribution in [0.4, 0.5) is 10.1 Å². The number of halogens is 1. The molecule has 1 heterocycles. The third-order valence-electron chi connectivity index (χ3n) is 6.73. The minimum atomic E-state index is -1.02. The highest BCUT2D eigenvalue weighted by Gasteiger charge is 2.47. The molecule has 6 rings (SSSR count). The second kappa shape index (κ2) is 9.91. The van der Waals surface area contributed by atoms with Gasteiger partial charge >= 0.3 is 0 Å². The summed E-state index contributed by atoms with van der Waals surface area (Å²) in [4.78, 5) is 28.2. The molecule has 6 heteroatoms. The van der Waals surface area contributed by atoms with E-state index in [1.807, 2.05) is 60.7 Å². The van der Waals surface area contributed by atoms with Gasteiger partial charge in [-0.3, -0.25) is 14.5 Å². The van der Waals surface area contributed by atoms with Crippen LogP contribution in [0.5, 0.6) is 11.5 Å². The zero-order valence-electron chi connectivity index (χ0n) is 20.6. The number of hydrogen-bond acceptors (Lipinski definition) is 4. The zero-order chi connectivity index (χ0) is 26.9. The molecule has 5 aromatic rings. The number of ether oxygens (including phenoxy) is 1. The van der Waals surface area contributed by atoms with Gasteiger partial charge in [0, 0.05) is 11.3 Å². The van der Waals surface area contributed by atoms with Crippen LogP contribution in [0.15, 0.2) is 127 Å². The highest BCUT2D eigenvalue weighted by atomic mass is 19.1. The quantitative estimate of drug-likeness (QED) is 0.150. The summed E-state index contributed by atoms with van der Waals surface area (Å²) in [7, 11) is 0. The number of amides is 1. The molecule has 0 saturated carbocycles. The van der Waals surface area contributed by atoms with Crippen LogP contribution in [0, 0.1) is 5.82 Å². The molecule has 0 radical (unpaired) electrons. The maximum Gasteiger partial charge on any atom is 0.300 e. The molecule has 5 aromatic carbocycles. The Balaban J connectivity index is 1.55. The van der Waals surface area contributed by atoms with Gasteiger partial charge in [0.2, 0.25) is 0 Å². The van der Waals surface area contributed by atoms with E-state index in [1.165, 1.54) is 23.1 Å². The molecule has 39 heavy (non-hydrogen) atoms. The van der Waals surface area contributed by atoms with E-state index in [1.54, 1.807) is 42.5 Å². The molecular weight excluding hydrogens is 493 g/mol. The third-order valence-corrected chi connectivity index (χ3v) is 6.73. The third kappa shape index (κ3) is 4.42. The number of benzene rings is 5. The largest absolute Gasteiger partial charge is 0.507 e. The second-order valence-electron chi connectivity index (χ2n) is 9.16. The first-order chi connectivity index (χ1) is 19.0. The number of aliphatic hydroxyl groups is 1. The molecule has 0 aliphatic carbocycles. The number of nitrogens with zero attached hydrogens (tertiary/aromatic N) is 1. The summed E-state index contributed by atoms with van der Waals surface area (Å²) in [6, 6.07) is 33.5. The van der Waals surface area contributed by atoms with E-state index in [-0.39, 0.29) is 17.0 Å². The van der Waals surface area contributed by atoms with Gasteiger partial charge in [-0.05, 0) is 58.8 Å². The lowest BCUT2D eigenvalue weighted by atomic mass is 9.93. The molecule has 1 fully saturated rings. The van der Waals surface area contributed by atoms with Crippen molar-refractivity contribution in [3.8, 4) is 11.5 Å². The first-order valence-corrected chi connectivity index (χ1v) is 12.4. The monoisotopic (exact) mass is 515 g/mol. The minimum absolute atomic E-state index is 0.0857. The first-order valence-electron chi connectivity index (χ1n) is 12.4. The van der Waals surface area contributed by atoms with Crippen molar-refractivity contribution < 1.29 is 23.8 Å². The van der Waals surface area contributed by atoms with Crippen LogP contribution in [0.25, 0.3) is 16.5 Å². The minimum Gasteiger partial charge on any atom is -0.507 e. The first kappa shape index (κ1) is 24.1. The number of aliphatic hydroxyl groups excluding tert-OH is 1. The number of carbonyl (C=O) groups excluding carboxylic acids is 2. The molecule has 1 unspecified atom stereocenters. The van der Waals surface area contributed by atoms with Crippen molar-refractivity contribution in [3.05, 3.63) is 144 Å². The summed E-state index contributed by atoms with van der Waals surface area (Å²) in [5.41, 5.74) is 1.06. The highest BCUT2D eigenvalue weighted by Crippen LogP contribution is 2.44. The van der Waals surface area contributed by atoms with E-state index >= 15 is 0 Å². The van der Waals surface area contributed by atoms with E-state index in [0.717, 1.165) is 10.8 Å². The van der Waals surface area contributed by atoms with Gasteiger partial charge in [0.25, 0.3) is 11.7 Å². The molecule has 1 atom stereocenters. The van der Waals surface area contributed by atoms with E-state index in [0.29, 0.717) is 22.6 Å². The highest BCUT2D eigenvalue weighted by molar-refractivity contribution is 6.51. The fraction of sp³-hybridized carbons (Fsp3) is 0.0303. The number of hydrogen-bond donors (Lipinski definition) is 1. The molecule has 1 saturated heterocycles. The summed E-state index contributed by atoms with van der Waals surface area (Å²) in [6.07, 6.45) is 0. The Morgan fingerprint density at radius 1 is 0.744 bits per heavy atom. The van der Waals surface area contributed by atoms with Crippen molar-refractivity contribution in [2.45, 2.75) is 6.04 Å². The lowest BCUT2D eigenvalue weighted by Gasteiger charge is -2.26. The van der Waals surface area contributed by atoms with Crippen molar-refractivity contribution >= 4 is 33.9 Å². The summed E-state index contributed by atoms with van der Waals surface area (Å²) < 4.78 is 20.3. The van der Waals surface area contributed by atoms with Crippen molar-refractivity contribution in [2.24, 2.45) is 0 Å². The number of Topliss-reactive ketones (excluding diaryl/α,β-unsaturated/α-hetero) is 1. The standard InChI is InChI=1S/C33H22FNO4/c34-23-12-8-13-24(20-23)35-30(22-11-6-16-26(19-22)39-25-14-2-1-3-15-25)29(32(37)33(35)38)31(36)28-18-7-10-21-9-4-5-17-27(21)28/h1-20,30,36H/b31-29-. The van der Waals surface area contributed by atoms with Gasteiger partial charge in [0.15, 0.2) is 0 Å². The Morgan fingerprint density at radius 2 is 1.44 bits per heavy atom. The van der Waals surface area contributed by atoms with Gasteiger partial charge in [-0.25, -0.2) is 4.39 Å². The van der Waals surface area contributed by atoms with Crippen LogP contribution in [0.2, 0.25) is 0 Å². The Kier molecular flexibility index (Phi) is 6.13. The van der Waals surface area contributed by atoms with E-state index in [4.69, 9.17) is 4.74 Å². The molecule has 0 bridgehead atoms. The predicted molar refractivity (Wildman–Crippen MR) is 148 cm³/mol. The lowest BCUT2D eigenvalue weighted by molar-refractivity contribution is -0.132. The van der Waals surface area contributed by atoms with Crippen LogP contribution in [0.3, 0.4) is 0 Å². The fourth-order valence-electron chi connectivity index (χ4n) is 4.99. The Labute approximate surface area is 224 Å². The Bertz CT molecular complexity index is 1760. The number of carbonyl (C=O) groups is 2. The van der Waals surface area contributed by atoms with E-state index in [9.17, 15) is 19.1 Å². The molecule has 190 valence electrons. The number of ketones is 1. The Hall–Kier alpha value is -5.23. The van der Waals surface area contributed by atoms with Crippen molar-refractivity contribution in [1.29, 1.82) is 0 Å². The number of para-hydroxylation sites is 1. The van der Waals surface area contributed by atoms with Crippen molar-refractivity contribution in [1.82, 2.24) is 0 Å². The van der Waals surface area contributed by atoms with Gasteiger partial charge < -0.3 is 9.84 Å². The van der Waals surface area contributed by atoms with E-state index in [2.05, 4.69) is 0 Å². The van der Waals surface area contributed by atoms with Gasteiger partial charge in [0.1, 0.15) is 23.1 Å². The Morgan fingerprint density at radius 3 is 2.26 bits per heavy atom. The molecule has 1 aliphatic rings. The zero-order valence-corrected chi connectivity index (χ0v) is 20.6.